The van der Waals surface area contributed by atoms with E-state index < -0.39 is 5.60 Å². The van der Waals surface area contributed by atoms with E-state index >= 15 is 0 Å². The van der Waals surface area contributed by atoms with Gasteiger partial charge in [-0.1, -0.05) is 18.5 Å². The van der Waals surface area contributed by atoms with E-state index in [-0.39, 0.29) is 41.5 Å². The summed E-state index contributed by atoms with van der Waals surface area (Å²) in [5.41, 5.74) is 0.863. The van der Waals surface area contributed by atoms with Crippen molar-refractivity contribution in [2.45, 2.75) is 51.2 Å². The van der Waals surface area contributed by atoms with Crippen LogP contribution in [-0.2, 0) is 0 Å². The number of carbonyl (C=O) groups is 4. The van der Waals surface area contributed by atoms with Crippen LogP contribution in [0.3, 0.4) is 0 Å². The Kier molecular flexibility index (Phi) is 5.47. The summed E-state index contributed by atoms with van der Waals surface area (Å²) in [6, 6.07) is 9.56. The molecule has 7 nitrogen and oxygen atoms in total. The van der Waals surface area contributed by atoms with Gasteiger partial charge in [0.25, 0.3) is 17.7 Å². The lowest BCUT2D eigenvalue weighted by Gasteiger charge is -2.44. The molecule has 0 saturated carbocycles. The van der Waals surface area contributed by atoms with Gasteiger partial charge in [0, 0.05) is 42.6 Å². The number of imide groups is 1. The van der Waals surface area contributed by atoms with E-state index in [0.717, 1.165) is 0 Å². The minimum Gasteiger partial charge on any atom is -0.486 e. The quantitative estimate of drug-likeness (QED) is 0.609. The monoisotopic (exact) mass is 480 g/mol. The maximum Gasteiger partial charge on any atom is 0.261 e. The molecule has 1 atom stereocenters. The standard InChI is InChI=1S/C26H25ClN2O5/c1-3-15(2)29-24(32)18-6-4-16(12-19(18)25(29)33)23(31)28-10-8-26(9-11-28)14-21(30)20-13-17(27)5-7-22(20)34-26/h4-7,12-13,15H,3,8-11,14H2,1-2H3. The molecule has 2 aromatic carbocycles. The van der Waals surface area contributed by atoms with Crippen molar-refractivity contribution in [2.24, 2.45) is 0 Å². The molecule has 2 aromatic rings. The van der Waals surface area contributed by atoms with Crippen LogP contribution in [0.1, 0.15) is 81.0 Å². The summed E-state index contributed by atoms with van der Waals surface area (Å²) in [7, 11) is 0. The van der Waals surface area contributed by atoms with Crippen LogP contribution in [0.15, 0.2) is 36.4 Å². The first kappa shape index (κ1) is 22.6. The second-order valence-electron chi connectivity index (χ2n) is 9.32. The number of amides is 3. The lowest BCUT2D eigenvalue weighted by Crippen LogP contribution is -2.52. The molecule has 1 spiro atoms. The summed E-state index contributed by atoms with van der Waals surface area (Å²) in [6.45, 7) is 4.61. The molecule has 1 unspecified atom stereocenters. The van der Waals surface area contributed by atoms with Gasteiger partial charge in [-0.2, -0.15) is 0 Å². The van der Waals surface area contributed by atoms with Crippen LogP contribution in [-0.4, -0.2) is 58.0 Å². The Bertz CT molecular complexity index is 1230. The molecule has 5 rings (SSSR count). The van der Waals surface area contributed by atoms with Gasteiger partial charge < -0.3 is 9.64 Å². The van der Waals surface area contributed by atoms with Gasteiger partial charge in [0.05, 0.1) is 23.1 Å². The molecule has 34 heavy (non-hydrogen) atoms. The molecule has 176 valence electrons. The van der Waals surface area contributed by atoms with E-state index in [0.29, 0.717) is 59.8 Å². The fourth-order valence-electron chi connectivity index (χ4n) is 5.02. The Hall–Kier alpha value is -3.19. The number of Topliss-reactive ketones (excluding diaryl/α,β-unsaturated/α-hetero) is 1. The molecule has 3 aliphatic heterocycles. The molecule has 0 radical (unpaired) electrons. The molecule has 3 heterocycles. The maximum absolute atomic E-state index is 13.2. The molecule has 8 heteroatoms. The molecule has 3 amide bonds. The number of halogens is 1. The summed E-state index contributed by atoms with van der Waals surface area (Å²) in [5.74, 6) is -0.332. The zero-order valence-corrected chi connectivity index (χ0v) is 19.9. The van der Waals surface area contributed by atoms with Gasteiger partial charge in [-0.15, -0.1) is 0 Å². The second-order valence-corrected chi connectivity index (χ2v) is 9.75. The lowest BCUT2D eigenvalue weighted by atomic mass is 9.82. The predicted octanol–water partition coefficient (Wildman–Crippen LogP) is 4.37. The van der Waals surface area contributed by atoms with Gasteiger partial charge in [0.1, 0.15) is 11.4 Å². The molecule has 0 N–H and O–H groups in total. The van der Waals surface area contributed by atoms with Gasteiger partial charge in [-0.05, 0) is 49.7 Å². The normalized spacial score (nSPS) is 19.7. The third kappa shape index (κ3) is 3.59. The molecular formula is C26H25ClN2O5. The van der Waals surface area contributed by atoms with E-state index in [1.54, 1.807) is 35.2 Å². The minimum absolute atomic E-state index is 0.00353. The Balaban J connectivity index is 1.31. The SMILES string of the molecule is CCC(C)N1C(=O)c2ccc(C(=O)N3CCC4(CC3)CC(=O)c3cc(Cl)ccc3O4)cc2C1=O. The summed E-state index contributed by atoms with van der Waals surface area (Å²) in [6.07, 6.45) is 1.96. The molecule has 0 bridgehead atoms. The smallest absolute Gasteiger partial charge is 0.261 e. The first-order valence-corrected chi connectivity index (χ1v) is 11.9. The number of nitrogens with zero attached hydrogens (tertiary/aromatic N) is 2. The van der Waals surface area contributed by atoms with Gasteiger partial charge in [-0.25, -0.2) is 0 Å². The zero-order valence-electron chi connectivity index (χ0n) is 19.1. The van der Waals surface area contributed by atoms with E-state index in [1.165, 1.54) is 11.0 Å². The van der Waals surface area contributed by atoms with Gasteiger partial charge in [-0.3, -0.25) is 24.1 Å². The first-order chi connectivity index (χ1) is 16.2. The predicted molar refractivity (Wildman–Crippen MR) is 126 cm³/mol. The number of likely N-dealkylation sites (tertiary alicyclic amines) is 1. The summed E-state index contributed by atoms with van der Waals surface area (Å²) >= 11 is 6.02. The van der Waals surface area contributed by atoms with Gasteiger partial charge in [0.15, 0.2) is 5.78 Å². The van der Waals surface area contributed by atoms with E-state index in [1.807, 2.05) is 13.8 Å². The van der Waals surface area contributed by atoms with E-state index in [2.05, 4.69) is 0 Å². The largest absolute Gasteiger partial charge is 0.486 e. The first-order valence-electron chi connectivity index (χ1n) is 11.6. The average molecular weight is 481 g/mol. The number of fused-ring (bicyclic) bond motifs is 2. The average Bonchev–Trinajstić information content (AvgIpc) is 3.08. The minimum atomic E-state index is -0.633. The number of ketones is 1. The number of benzene rings is 2. The second kappa shape index (κ2) is 8.24. The Labute approximate surface area is 202 Å². The molecule has 3 aliphatic rings. The zero-order chi connectivity index (χ0) is 24.2. The Morgan fingerprint density at radius 3 is 2.44 bits per heavy atom. The highest BCUT2D eigenvalue weighted by Gasteiger charge is 2.44. The van der Waals surface area contributed by atoms with Crippen LogP contribution in [0.2, 0.25) is 5.02 Å². The van der Waals surface area contributed by atoms with Crippen molar-refractivity contribution in [2.75, 3.05) is 13.1 Å². The van der Waals surface area contributed by atoms with Crippen LogP contribution in [0.4, 0.5) is 0 Å². The highest BCUT2D eigenvalue weighted by molar-refractivity contribution is 6.31. The van der Waals surface area contributed by atoms with Crippen LogP contribution in [0.25, 0.3) is 0 Å². The molecule has 0 aliphatic carbocycles. The number of carbonyl (C=O) groups excluding carboxylic acids is 4. The molecule has 1 fully saturated rings. The summed E-state index contributed by atoms with van der Waals surface area (Å²) in [5, 5.41) is 0.494. The topological polar surface area (TPSA) is 84.0 Å². The summed E-state index contributed by atoms with van der Waals surface area (Å²) in [4.78, 5) is 54.4. The Morgan fingerprint density at radius 2 is 1.74 bits per heavy atom. The number of piperidine rings is 1. The van der Waals surface area contributed by atoms with Crippen molar-refractivity contribution >= 4 is 35.1 Å². The fraction of sp³-hybridized carbons (Fsp3) is 0.385. The van der Waals surface area contributed by atoms with E-state index in [9.17, 15) is 19.2 Å². The van der Waals surface area contributed by atoms with Crippen molar-refractivity contribution in [1.29, 1.82) is 0 Å². The number of rotatable bonds is 3. The number of hydrogen-bond donors (Lipinski definition) is 0. The van der Waals surface area contributed by atoms with Crippen molar-refractivity contribution < 1.29 is 23.9 Å². The van der Waals surface area contributed by atoms with Crippen molar-refractivity contribution in [1.82, 2.24) is 9.80 Å². The van der Waals surface area contributed by atoms with Gasteiger partial charge in [0.2, 0.25) is 0 Å². The summed E-state index contributed by atoms with van der Waals surface area (Å²) < 4.78 is 6.25. The third-order valence-corrected chi connectivity index (χ3v) is 7.44. The van der Waals surface area contributed by atoms with Crippen LogP contribution in [0.5, 0.6) is 5.75 Å². The third-order valence-electron chi connectivity index (χ3n) is 7.21. The maximum atomic E-state index is 13.2. The lowest BCUT2D eigenvalue weighted by molar-refractivity contribution is -0.00572. The molecular weight excluding hydrogens is 456 g/mol. The highest BCUT2D eigenvalue weighted by atomic mass is 35.5. The number of ether oxygens (including phenoxy) is 1. The number of hydrogen-bond acceptors (Lipinski definition) is 5. The van der Waals surface area contributed by atoms with Crippen molar-refractivity contribution in [3.63, 3.8) is 0 Å². The Morgan fingerprint density at radius 1 is 1.03 bits per heavy atom. The van der Waals surface area contributed by atoms with Gasteiger partial charge >= 0.3 is 0 Å². The van der Waals surface area contributed by atoms with Crippen molar-refractivity contribution in [3.8, 4) is 5.75 Å². The highest BCUT2D eigenvalue weighted by Crippen LogP contribution is 2.40. The van der Waals surface area contributed by atoms with E-state index in [4.69, 9.17) is 16.3 Å². The molecule has 1 saturated heterocycles. The van der Waals surface area contributed by atoms with Crippen LogP contribution in [0, 0.1) is 0 Å². The van der Waals surface area contributed by atoms with Crippen LogP contribution >= 0.6 is 11.6 Å². The fourth-order valence-corrected chi connectivity index (χ4v) is 5.19. The van der Waals surface area contributed by atoms with Crippen molar-refractivity contribution in [3.05, 3.63) is 63.7 Å². The molecule has 0 aromatic heterocycles. The van der Waals surface area contributed by atoms with Crippen LogP contribution < -0.4 is 4.74 Å².